The number of thioether (sulfide) groups is 1. The molecule has 0 bridgehead atoms. The van der Waals surface area contributed by atoms with Crippen molar-refractivity contribution in [2.45, 2.75) is 45.1 Å². The lowest BCUT2D eigenvalue weighted by molar-refractivity contribution is -0.145. The predicted molar refractivity (Wildman–Crippen MR) is 117 cm³/mol. The average Bonchev–Trinajstić information content (AvgIpc) is 3.00. The third-order valence-corrected chi connectivity index (χ3v) is 6.23. The fourth-order valence-electron chi connectivity index (χ4n) is 3.52. The predicted octanol–water partition coefficient (Wildman–Crippen LogP) is 4.17. The Morgan fingerprint density at radius 3 is 2.72 bits per heavy atom. The van der Waals surface area contributed by atoms with E-state index in [1.165, 1.54) is 25.3 Å². The van der Waals surface area contributed by atoms with E-state index in [9.17, 15) is 9.59 Å². The summed E-state index contributed by atoms with van der Waals surface area (Å²) in [4.78, 5) is 26.8. The van der Waals surface area contributed by atoms with Crippen molar-refractivity contribution in [3.8, 4) is 11.5 Å². The smallest absolute Gasteiger partial charge is 0.344 e. The minimum atomic E-state index is -0.440. The van der Waals surface area contributed by atoms with Gasteiger partial charge in [-0.15, -0.1) is 0 Å². The van der Waals surface area contributed by atoms with Gasteiger partial charge in [-0.2, -0.15) is 0 Å². The third kappa shape index (κ3) is 5.30. The van der Waals surface area contributed by atoms with Gasteiger partial charge < -0.3 is 14.2 Å². The molecule has 6 nitrogen and oxygen atoms in total. The highest BCUT2D eigenvalue weighted by atomic mass is 32.2. The number of esters is 1. The molecule has 1 saturated heterocycles. The maximum Gasteiger partial charge on any atom is 0.344 e. The van der Waals surface area contributed by atoms with E-state index < -0.39 is 5.97 Å². The van der Waals surface area contributed by atoms with Crippen LogP contribution in [-0.4, -0.2) is 47.5 Å². The van der Waals surface area contributed by atoms with Gasteiger partial charge in [-0.05, 0) is 43.5 Å². The molecule has 0 radical (unpaired) electrons. The van der Waals surface area contributed by atoms with Crippen molar-refractivity contribution < 1.29 is 23.8 Å². The highest BCUT2D eigenvalue weighted by molar-refractivity contribution is 8.26. The number of hydrogen-bond donors (Lipinski definition) is 0. The topological polar surface area (TPSA) is 65.1 Å². The molecule has 2 fully saturated rings. The number of methoxy groups -OCH3 is 1. The molecular weight excluding hydrogens is 410 g/mol. The Morgan fingerprint density at radius 1 is 1.28 bits per heavy atom. The highest BCUT2D eigenvalue weighted by Gasteiger charge is 2.37. The van der Waals surface area contributed by atoms with Gasteiger partial charge in [-0.25, -0.2) is 4.79 Å². The summed E-state index contributed by atoms with van der Waals surface area (Å²) in [7, 11) is 1.53. The Morgan fingerprint density at radius 2 is 2.03 bits per heavy atom. The van der Waals surface area contributed by atoms with Gasteiger partial charge in [0.25, 0.3) is 5.91 Å². The Kier molecular flexibility index (Phi) is 7.55. The molecule has 29 heavy (non-hydrogen) atoms. The molecule has 2 aliphatic rings. The number of carbonyl (C=O) groups is 2. The molecule has 8 heteroatoms. The number of amides is 1. The monoisotopic (exact) mass is 435 g/mol. The summed E-state index contributed by atoms with van der Waals surface area (Å²) in [5.41, 5.74) is 0.800. The summed E-state index contributed by atoms with van der Waals surface area (Å²) < 4.78 is 16.3. The molecule has 1 heterocycles. The van der Waals surface area contributed by atoms with Crippen LogP contribution in [0.25, 0.3) is 6.08 Å². The number of rotatable bonds is 7. The Labute approximate surface area is 180 Å². The first-order valence-corrected chi connectivity index (χ1v) is 11.0. The second-order valence-electron chi connectivity index (χ2n) is 6.85. The van der Waals surface area contributed by atoms with Crippen molar-refractivity contribution in [3.63, 3.8) is 0 Å². The van der Waals surface area contributed by atoms with Crippen molar-refractivity contribution in [2.24, 2.45) is 0 Å². The lowest BCUT2D eigenvalue weighted by atomic mass is 9.94. The first-order chi connectivity index (χ1) is 14.0. The fourth-order valence-corrected chi connectivity index (χ4v) is 4.92. The van der Waals surface area contributed by atoms with Gasteiger partial charge in [0.2, 0.25) is 0 Å². The van der Waals surface area contributed by atoms with E-state index >= 15 is 0 Å². The number of benzene rings is 1. The molecule has 156 valence electrons. The van der Waals surface area contributed by atoms with Gasteiger partial charge in [-0.1, -0.05) is 49.3 Å². The molecule has 1 aromatic carbocycles. The van der Waals surface area contributed by atoms with Crippen LogP contribution in [0, 0.1) is 0 Å². The van der Waals surface area contributed by atoms with E-state index in [0.29, 0.717) is 27.3 Å². The number of nitrogens with zero attached hydrogens (tertiary/aromatic N) is 1. The molecule has 1 saturated carbocycles. The summed E-state index contributed by atoms with van der Waals surface area (Å²) in [5, 5.41) is 0. The van der Waals surface area contributed by atoms with Crippen molar-refractivity contribution >= 4 is 46.3 Å². The standard InChI is InChI=1S/C21H25NO5S2/c1-3-26-19(23)13-27-16-10-9-14(11-17(16)25-2)12-18-20(24)22(21(28)29-18)15-7-5-4-6-8-15/h9-12,15H,3-8,13H2,1-2H3/b18-12-. The first kappa shape index (κ1) is 21.6. The van der Waals surface area contributed by atoms with E-state index in [4.69, 9.17) is 26.4 Å². The molecule has 1 aliphatic carbocycles. The zero-order chi connectivity index (χ0) is 20.8. The number of hydrogen-bond acceptors (Lipinski definition) is 7. The molecule has 1 aliphatic heterocycles. The van der Waals surface area contributed by atoms with E-state index in [0.717, 1.165) is 31.2 Å². The van der Waals surface area contributed by atoms with Crippen LogP contribution in [0.15, 0.2) is 23.1 Å². The Balaban J connectivity index is 1.73. The summed E-state index contributed by atoms with van der Waals surface area (Å²) in [6, 6.07) is 5.52. The quantitative estimate of drug-likeness (QED) is 0.362. The van der Waals surface area contributed by atoms with Crippen LogP contribution in [0.2, 0.25) is 0 Å². The molecule has 0 N–H and O–H groups in total. The minimum Gasteiger partial charge on any atom is -0.493 e. The number of thiocarbonyl (C=S) groups is 1. The Bertz CT molecular complexity index is 817. The van der Waals surface area contributed by atoms with Crippen molar-refractivity contribution in [3.05, 3.63) is 28.7 Å². The Hall–Kier alpha value is -2.06. The summed E-state index contributed by atoms with van der Waals surface area (Å²) in [5.74, 6) is 0.455. The van der Waals surface area contributed by atoms with Crippen LogP contribution < -0.4 is 9.47 Å². The van der Waals surface area contributed by atoms with Gasteiger partial charge in [0, 0.05) is 6.04 Å². The van der Waals surface area contributed by atoms with E-state index in [1.54, 1.807) is 24.0 Å². The van der Waals surface area contributed by atoms with E-state index in [2.05, 4.69) is 0 Å². The normalized spacial score (nSPS) is 19.0. The zero-order valence-corrected chi connectivity index (χ0v) is 18.3. The molecule has 0 spiro atoms. The molecule has 3 rings (SSSR count). The second kappa shape index (κ2) is 10.1. The van der Waals surface area contributed by atoms with Gasteiger partial charge in [0.1, 0.15) is 4.32 Å². The van der Waals surface area contributed by atoms with Crippen LogP contribution in [0.5, 0.6) is 11.5 Å². The second-order valence-corrected chi connectivity index (χ2v) is 8.52. The van der Waals surface area contributed by atoms with Crippen LogP contribution >= 0.6 is 24.0 Å². The number of carbonyl (C=O) groups excluding carboxylic acids is 2. The first-order valence-electron chi connectivity index (χ1n) is 9.77. The van der Waals surface area contributed by atoms with Crippen LogP contribution in [-0.2, 0) is 14.3 Å². The van der Waals surface area contributed by atoms with E-state index in [1.807, 2.05) is 12.1 Å². The van der Waals surface area contributed by atoms with Gasteiger partial charge in [-0.3, -0.25) is 9.69 Å². The maximum absolute atomic E-state index is 12.9. The van der Waals surface area contributed by atoms with Gasteiger partial charge in [0.15, 0.2) is 18.1 Å². The van der Waals surface area contributed by atoms with Gasteiger partial charge in [0.05, 0.1) is 18.6 Å². The summed E-state index contributed by atoms with van der Waals surface area (Å²) in [6.45, 7) is 1.85. The summed E-state index contributed by atoms with van der Waals surface area (Å²) >= 11 is 6.82. The van der Waals surface area contributed by atoms with Gasteiger partial charge >= 0.3 is 5.97 Å². The van der Waals surface area contributed by atoms with Crippen molar-refractivity contribution in [1.82, 2.24) is 4.90 Å². The van der Waals surface area contributed by atoms with Crippen molar-refractivity contribution in [2.75, 3.05) is 20.3 Å². The number of ether oxygens (including phenoxy) is 3. The summed E-state index contributed by atoms with van der Waals surface area (Å²) in [6.07, 6.45) is 7.36. The van der Waals surface area contributed by atoms with Crippen LogP contribution in [0.1, 0.15) is 44.6 Å². The molecule has 1 amide bonds. The SMILES string of the molecule is CCOC(=O)COc1ccc(/C=C2\SC(=S)N(C3CCCCC3)C2=O)cc1OC. The minimum absolute atomic E-state index is 0.0199. The molecule has 0 unspecified atom stereocenters. The molecule has 1 aromatic rings. The van der Waals surface area contributed by atoms with Crippen LogP contribution in [0.3, 0.4) is 0 Å². The lowest BCUT2D eigenvalue weighted by Gasteiger charge is -2.29. The van der Waals surface area contributed by atoms with Crippen LogP contribution in [0.4, 0.5) is 0 Å². The average molecular weight is 436 g/mol. The molecular formula is C21H25NO5S2. The third-order valence-electron chi connectivity index (χ3n) is 4.90. The molecule has 0 aromatic heterocycles. The van der Waals surface area contributed by atoms with E-state index in [-0.39, 0.29) is 18.6 Å². The maximum atomic E-state index is 12.9. The zero-order valence-electron chi connectivity index (χ0n) is 16.6. The fraction of sp³-hybridized carbons (Fsp3) is 0.476. The van der Waals surface area contributed by atoms with Crippen molar-refractivity contribution in [1.29, 1.82) is 0 Å². The highest BCUT2D eigenvalue weighted by Crippen LogP contribution is 2.38. The lowest BCUT2D eigenvalue weighted by Crippen LogP contribution is -2.39. The molecule has 0 atom stereocenters. The largest absolute Gasteiger partial charge is 0.493 e.